The van der Waals surface area contributed by atoms with Gasteiger partial charge in [0.15, 0.2) is 0 Å². The van der Waals surface area contributed by atoms with Gasteiger partial charge in [0.2, 0.25) is 11.8 Å². The highest BCUT2D eigenvalue weighted by molar-refractivity contribution is 5.85. The number of carboxylic acid groups (broad SMARTS) is 1. The van der Waals surface area contributed by atoms with Crippen LogP contribution >= 0.6 is 0 Å². The summed E-state index contributed by atoms with van der Waals surface area (Å²) >= 11 is 0. The molecule has 0 aromatic carbocycles. The van der Waals surface area contributed by atoms with E-state index in [1.807, 2.05) is 0 Å². The van der Waals surface area contributed by atoms with Crippen LogP contribution < -0.4 is 10.6 Å². The summed E-state index contributed by atoms with van der Waals surface area (Å²) in [4.78, 5) is 34.4. The number of ether oxygens (including phenoxy) is 1. The zero-order valence-electron chi connectivity index (χ0n) is 13.2. The normalized spacial score (nSPS) is 13.6. The van der Waals surface area contributed by atoms with E-state index in [9.17, 15) is 19.5 Å². The second kappa shape index (κ2) is 9.33. The summed E-state index contributed by atoms with van der Waals surface area (Å²) in [5.41, 5.74) is -1.11. The Labute approximate surface area is 125 Å². The Balaban J connectivity index is 4.10. The van der Waals surface area contributed by atoms with E-state index in [1.54, 1.807) is 27.9 Å². The fourth-order valence-corrected chi connectivity index (χ4v) is 1.62. The van der Waals surface area contributed by atoms with Crippen molar-refractivity contribution in [3.8, 4) is 0 Å². The third kappa shape index (κ3) is 7.08. The molecule has 0 saturated heterocycles. The summed E-state index contributed by atoms with van der Waals surface area (Å²) in [5, 5.41) is 14.4. The zero-order chi connectivity index (χ0) is 16.5. The van der Waals surface area contributed by atoms with Crippen LogP contribution in [0.25, 0.3) is 0 Å². The van der Waals surface area contributed by atoms with Gasteiger partial charge in [-0.3, -0.25) is 14.4 Å². The molecular weight excluding hydrogens is 276 g/mol. The largest absolute Gasteiger partial charge is 0.481 e. The van der Waals surface area contributed by atoms with Gasteiger partial charge in [0.05, 0.1) is 12.0 Å². The Morgan fingerprint density at radius 2 is 1.71 bits per heavy atom. The third-order valence-corrected chi connectivity index (χ3v) is 3.59. The molecule has 0 saturated carbocycles. The summed E-state index contributed by atoms with van der Waals surface area (Å²) in [6.07, 6.45) is 0.0478. The molecule has 0 fully saturated rings. The van der Waals surface area contributed by atoms with Gasteiger partial charge in [-0.1, -0.05) is 13.8 Å². The number of carbonyl (C=O) groups excluding carboxylic acids is 2. The quantitative estimate of drug-likeness (QED) is 0.506. The van der Waals surface area contributed by atoms with E-state index in [4.69, 9.17) is 4.74 Å². The lowest BCUT2D eigenvalue weighted by atomic mass is 9.76. The van der Waals surface area contributed by atoms with Gasteiger partial charge in [0.1, 0.15) is 0 Å². The molecule has 7 nitrogen and oxygen atoms in total. The number of aliphatic carboxylic acids is 1. The van der Waals surface area contributed by atoms with Gasteiger partial charge < -0.3 is 20.5 Å². The van der Waals surface area contributed by atoms with Gasteiger partial charge in [-0.2, -0.15) is 0 Å². The Kier molecular flexibility index (Phi) is 8.61. The Bertz CT molecular complexity index is 370. The topological polar surface area (TPSA) is 105 Å². The van der Waals surface area contributed by atoms with Crippen molar-refractivity contribution in [1.29, 1.82) is 0 Å². The number of amides is 2. The molecule has 1 unspecified atom stereocenters. The maximum absolute atomic E-state index is 11.8. The lowest BCUT2D eigenvalue weighted by molar-refractivity contribution is -0.153. The smallest absolute Gasteiger partial charge is 0.310 e. The predicted molar refractivity (Wildman–Crippen MR) is 77.7 cm³/mol. The first kappa shape index (κ1) is 19.4. The maximum atomic E-state index is 11.8. The zero-order valence-corrected chi connectivity index (χ0v) is 13.2. The fourth-order valence-electron chi connectivity index (χ4n) is 1.62. The van der Waals surface area contributed by atoms with Crippen molar-refractivity contribution in [3.05, 3.63) is 0 Å². The van der Waals surface area contributed by atoms with Crippen molar-refractivity contribution in [3.63, 3.8) is 0 Å². The number of nitrogens with one attached hydrogen (secondary N) is 2. The highest BCUT2D eigenvalue weighted by atomic mass is 16.5. The predicted octanol–water partition coefficient (Wildman–Crippen LogP) is 0.392. The number of methoxy groups -OCH3 is 1. The molecule has 1 atom stereocenters. The Morgan fingerprint density at radius 1 is 1.14 bits per heavy atom. The number of hydrogen-bond acceptors (Lipinski definition) is 4. The van der Waals surface area contributed by atoms with Gasteiger partial charge in [0, 0.05) is 33.0 Å². The lowest BCUT2D eigenvalue weighted by Gasteiger charge is -2.28. The minimum Gasteiger partial charge on any atom is -0.481 e. The molecule has 0 aliphatic carbocycles. The average molecular weight is 302 g/mol. The summed E-state index contributed by atoms with van der Waals surface area (Å²) in [5.74, 6) is -1.71. The molecule has 0 spiro atoms. The van der Waals surface area contributed by atoms with Crippen LogP contribution in [-0.4, -0.2) is 49.7 Å². The minimum atomic E-state index is -1.11. The van der Waals surface area contributed by atoms with Crippen LogP contribution in [0.3, 0.4) is 0 Å². The highest BCUT2D eigenvalue weighted by Crippen LogP contribution is 2.31. The number of carboxylic acids is 1. The lowest BCUT2D eigenvalue weighted by Crippen LogP contribution is -2.40. The standard InChI is InChI=1S/C14H26N2O5/c1-10(2)14(3,13(19)20)9-12(18)15-6-5-11(17)16-7-8-21-4/h10H,5-9H2,1-4H3,(H,15,18)(H,16,17)(H,19,20). The third-order valence-electron chi connectivity index (χ3n) is 3.59. The van der Waals surface area contributed by atoms with E-state index < -0.39 is 11.4 Å². The molecule has 3 N–H and O–H groups in total. The molecule has 0 aliphatic rings. The highest BCUT2D eigenvalue weighted by Gasteiger charge is 2.38. The van der Waals surface area contributed by atoms with E-state index >= 15 is 0 Å². The van der Waals surface area contributed by atoms with E-state index in [1.165, 1.54) is 0 Å². The number of hydrogen-bond donors (Lipinski definition) is 3. The molecule has 0 aromatic rings. The average Bonchev–Trinajstić information content (AvgIpc) is 2.38. The van der Waals surface area contributed by atoms with Gasteiger partial charge in [-0.25, -0.2) is 0 Å². The molecule has 0 radical (unpaired) electrons. The monoisotopic (exact) mass is 302 g/mol. The number of rotatable bonds is 10. The van der Waals surface area contributed by atoms with Crippen LogP contribution in [0.4, 0.5) is 0 Å². The second-order valence-electron chi connectivity index (χ2n) is 5.50. The van der Waals surface area contributed by atoms with Crippen LogP contribution in [-0.2, 0) is 19.1 Å². The van der Waals surface area contributed by atoms with Gasteiger partial charge >= 0.3 is 5.97 Å². The van der Waals surface area contributed by atoms with Gasteiger partial charge in [0.25, 0.3) is 0 Å². The van der Waals surface area contributed by atoms with E-state index in [0.717, 1.165) is 0 Å². The van der Waals surface area contributed by atoms with Crippen molar-refractivity contribution in [2.75, 3.05) is 26.8 Å². The van der Waals surface area contributed by atoms with Crippen molar-refractivity contribution in [1.82, 2.24) is 10.6 Å². The molecule has 21 heavy (non-hydrogen) atoms. The minimum absolute atomic E-state index is 0.106. The van der Waals surface area contributed by atoms with Crippen molar-refractivity contribution >= 4 is 17.8 Å². The molecule has 122 valence electrons. The van der Waals surface area contributed by atoms with Crippen LogP contribution in [0.1, 0.15) is 33.6 Å². The van der Waals surface area contributed by atoms with Crippen molar-refractivity contribution in [2.45, 2.75) is 33.6 Å². The molecule has 7 heteroatoms. The SMILES string of the molecule is COCCNC(=O)CCNC(=O)CC(C)(C(=O)O)C(C)C. The van der Waals surface area contributed by atoms with Crippen molar-refractivity contribution < 1.29 is 24.2 Å². The summed E-state index contributed by atoms with van der Waals surface area (Å²) < 4.78 is 4.79. The summed E-state index contributed by atoms with van der Waals surface area (Å²) in [6, 6.07) is 0. The molecule has 0 heterocycles. The molecule has 0 aromatic heterocycles. The van der Waals surface area contributed by atoms with E-state index in [2.05, 4.69) is 10.6 Å². The molecule has 0 rings (SSSR count). The summed E-state index contributed by atoms with van der Waals surface area (Å²) in [6.45, 7) is 6.13. The molecule has 2 amide bonds. The maximum Gasteiger partial charge on any atom is 0.310 e. The first-order chi connectivity index (χ1) is 9.74. The Morgan fingerprint density at radius 3 is 2.19 bits per heavy atom. The van der Waals surface area contributed by atoms with Crippen LogP contribution in [0, 0.1) is 11.3 Å². The Hall–Kier alpha value is -1.63. The van der Waals surface area contributed by atoms with E-state index in [0.29, 0.717) is 13.2 Å². The fraction of sp³-hybridized carbons (Fsp3) is 0.786. The first-order valence-corrected chi connectivity index (χ1v) is 6.99. The molecular formula is C14H26N2O5. The van der Waals surface area contributed by atoms with Crippen LogP contribution in [0.2, 0.25) is 0 Å². The summed E-state index contributed by atoms with van der Waals surface area (Å²) in [7, 11) is 1.54. The van der Waals surface area contributed by atoms with Gasteiger partial charge in [-0.15, -0.1) is 0 Å². The number of carbonyl (C=O) groups is 3. The van der Waals surface area contributed by atoms with Gasteiger partial charge in [-0.05, 0) is 12.8 Å². The van der Waals surface area contributed by atoms with E-state index in [-0.39, 0.29) is 37.1 Å². The first-order valence-electron chi connectivity index (χ1n) is 6.99. The molecule has 0 aliphatic heterocycles. The van der Waals surface area contributed by atoms with Crippen LogP contribution in [0.15, 0.2) is 0 Å². The second-order valence-corrected chi connectivity index (χ2v) is 5.50. The van der Waals surface area contributed by atoms with Crippen molar-refractivity contribution in [2.24, 2.45) is 11.3 Å². The van der Waals surface area contributed by atoms with Crippen LogP contribution in [0.5, 0.6) is 0 Å². The molecule has 0 bridgehead atoms.